The number of carboxylic acid groups (broad SMARTS) is 2. The zero-order valence-corrected chi connectivity index (χ0v) is 59.9. The lowest BCUT2D eigenvalue weighted by Crippen LogP contribution is -2.60. The largest absolute Gasteiger partial charge is 0.508 e. The highest BCUT2D eigenvalue weighted by atomic mass is 35.5. The van der Waals surface area contributed by atoms with Gasteiger partial charge in [-0.2, -0.15) is 0 Å². The third kappa shape index (κ3) is 16.7. The van der Waals surface area contributed by atoms with E-state index in [4.69, 9.17) is 46.9 Å². The highest BCUT2D eigenvalue weighted by molar-refractivity contribution is 6.33. The molecule has 17 bridgehead atoms. The highest BCUT2D eigenvalue weighted by Crippen LogP contribution is 2.51. The van der Waals surface area contributed by atoms with Crippen molar-refractivity contribution in [3.8, 4) is 80.1 Å². The fraction of sp³-hybridized carbons (Fsp3) is 0.329. The van der Waals surface area contributed by atoms with Gasteiger partial charge in [-0.05, 0) is 114 Å². The topological polar surface area (TPSA) is 523 Å². The van der Waals surface area contributed by atoms with Gasteiger partial charge in [-0.1, -0.05) is 105 Å². The number of aliphatic hydroxyl groups is 10. The summed E-state index contributed by atoms with van der Waals surface area (Å²) in [6, 6.07) is 6.22. The third-order valence-corrected chi connectivity index (χ3v) is 19.7. The molecule has 1 saturated heterocycles. The lowest BCUT2D eigenvalue weighted by Gasteiger charge is -2.39. The molecule has 7 aromatic carbocycles. The summed E-state index contributed by atoms with van der Waals surface area (Å²) in [6.07, 6.45) is -4.40. The molecular weight excluding hydrogens is 1480 g/mol. The van der Waals surface area contributed by atoms with E-state index in [1.54, 1.807) is 0 Å². The van der Waals surface area contributed by atoms with Gasteiger partial charge in [0.15, 0.2) is 65.2 Å². The van der Waals surface area contributed by atoms with Crippen LogP contribution < -0.4 is 24.3 Å². The number of phenolic OH excluding ortho intramolecular Hbond substituents is 5. The summed E-state index contributed by atoms with van der Waals surface area (Å²) < 4.78 is 32.2. The summed E-state index contributed by atoms with van der Waals surface area (Å²) in [4.78, 5) is 57.2. The van der Waals surface area contributed by atoms with Gasteiger partial charge in [0.25, 0.3) is 0 Å². The van der Waals surface area contributed by atoms with Crippen molar-refractivity contribution in [1.29, 1.82) is 0 Å². The molecule has 1 fully saturated rings. The number of ether oxygens (including phenoxy) is 5. The number of nitrogens with one attached hydrogen (secondary N) is 1. The number of nitrogens with zero attached hydrogens (tertiary/aromatic N) is 7. The first-order valence-corrected chi connectivity index (χ1v) is 35.5. The Kier molecular flexibility index (Phi) is 23.4. The maximum absolute atomic E-state index is 13.4. The van der Waals surface area contributed by atoms with Gasteiger partial charge in [-0.3, -0.25) is 0 Å². The Morgan fingerprint density at radius 2 is 1.16 bits per heavy atom. The van der Waals surface area contributed by atoms with Gasteiger partial charge in [-0.15, -0.1) is 0 Å². The van der Waals surface area contributed by atoms with Crippen molar-refractivity contribution >= 4 is 76.4 Å². The minimum absolute atomic E-state index is 0.0566. The van der Waals surface area contributed by atoms with Gasteiger partial charge in [0.1, 0.15) is 76.7 Å². The molecule has 0 radical (unpaired) electrons. The number of phenols is 5. The number of hydrogen-bond donors (Lipinski definition) is 18. The van der Waals surface area contributed by atoms with E-state index in [-0.39, 0.29) is 52.5 Å². The molecule has 34 heteroatoms. The number of aliphatic imine (C=N–C) groups is 7. The second-order valence-electron chi connectivity index (χ2n) is 26.6. The van der Waals surface area contributed by atoms with E-state index >= 15 is 0 Å². The summed E-state index contributed by atoms with van der Waals surface area (Å²) >= 11 is 14.1. The first kappa shape index (κ1) is 77.9. The van der Waals surface area contributed by atoms with Crippen LogP contribution in [0, 0.1) is 0 Å². The fourth-order valence-corrected chi connectivity index (χ4v) is 13.8. The van der Waals surface area contributed by atoms with Gasteiger partial charge >= 0.3 is 11.9 Å². The number of likely N-dealkylation sites (N-methyl/N-ethyl adjacent to an activating group) is 1. The van der Waals surface area contributed by atoms with E-state index in [1.807, 2.05) is 0 Å². The highest BCUT2D eigenvalue weighted by Gasteiger charge is 2.50. The summed E-state index contributed by atoms with van der Waals surface area (Å²) in [5.41, 5.74) is -2.42. The molecule has 0 amide bonds. The van der Waals surface area contributed by atoms with Crippen molar-refractivity contribution in [2.75, 3.05) is 7.05 Å². The Morgan fingerprint density at radius 3 is 1.85 bits per heavy atom. The fourth-order valence-electron chi connectivity index (χ4n) is 13.3. The molecule has 0 saturated carbocycles. The van der Waals surface area contributed by atoms with Crippen molar-refractivity contribution in [3.05, 3.63) is 164 Å². The number of aromatic hydroxyl groups is 5. The van der Waals surface area contributed by atoms with Crippen molar-refractivity contribution in [1.82, 2.24) is 5.32 Å². The summed E-state index contributed by atoms with van der Waals surface area (Å²) in [5.74, 6) is -17.3. The van der Waals surface area contributed by atoms with E-state index in [2.05, 4.69) is 47.2 Å². The van der Waals surface area contributed by atoms with E-state index < -0.39 is 216 Å². The van der Waals surface area contributed by atoms with Crippen LogP contribution in [0.4, 0.5) is 0 Å². The number of halogens is 2. The van der Waals surface area contributed by atoms with Gasteiger partial charge in [-0.25, -0.2) is 44.5 Å². The van der Waals surface area contributed by atoms with Crippen LogP contribution in [0.5, 0.6) is 69.0 Å². The number of hydrogen-bond acceptors (Lipinski definition) is 23. The maximum Gasteiger partial charge on any atom is 0.335 e. The molecule has 110 heavy (non-hydrogen) atoms. The molecule has 0 aliphatic carbocycles. The van der Waals surface area contributed by atoms with Crippen LogP contribution in [-0.4, -0.2) is 190 Å². The van der Waals surface area contributed by atoms with Crippen molar-refractivity contribution in [2.45, 2.75) is 150 Å². The van der Waals surface area contributed by atoms with Crippen LogP contribution in [-0.2, 0) is 20.7 Å². The lowest BCUT2D eigenvalue weighted by atomic mass is 9.90. The predicted octanol–water partition coefficient (Wildman–Crippen LogP) is 12.3. The Balaban J connectivity index is 1.16. The summed E-state index contributed by atoms with van der Waals surface area (Å²) in [5, 5.41) is 204. The van der Waals surface area contributed by atoms with E-state index in [1.165, 1.54) is 55.6 Å². The molecule has 7 heterocycles. The molecule has 578 valence electrons. The molecular formula is C76H76Cl2N8O24. The van der Waals surface area contributed by atoms with Crippen LogP contribution in [0.2, 0.25) is 10.0 Å². The Hall–Kier alpha value is -11.7. The van der Waals surface area contributed by atoms with Gasteiger partial charge in [0, 0.05) is 47.2 Å². The second kappa shape index (κ2) is 33.1. The molecule has 13 atom stereocenters. The Labute approximate surface area is 635 Å². The first-order valence-electron chi connectivity index (χ1n) is 34.8. The maximum atomic E-state index is 13.4. The van der Waals surface area contributed by atoms with Crippen molar-refractivity contribution < 1.29 is 120 Å². The quantitative estimate of drug-likeness (QED) is 0.0257. The Bertz CT molecular complexity index is 4920. The van der Waals surface area contributed by atoms with Crippen molar-refractivity contribution in [2.24, 2.45) is 34.9 Å². The SMILES string of the molecule is CCCCCCCCCCC(O)=NC1C(Oc2c3cc4cc2Oc2ccc(cc2Cl)[C@@H](O)[C@@H]2N=C(O)[C@H](N=C(O)[C@@H]4N=C(O)[C@H]4N=C(O)[C@@H](Cc5ccc(cc5)O3)N=C(O)[C@H](NC)c3ccc(O)c(c3)Oc3cc(O)c(Cl)c4c3)c3ccc(O)c(c3)-c3c(O)cc(O)cc3[C@@H](C(=O)O)N=C2O)OC(C(=O)O)C(O)C1O. The Morgan fingerprint density at radius 1 is 0.536 bits per heavy atom. The number of aliphatic carboxylic acids is 2. The van der Waals surface area contributed by atoms with Gasteiger partial charge in [0.2, 0.25) is 47.4 Å². The average molecular weight is 1560 g/mol. The van der Waals surface area contributed by atoms with E-state index in [0.717, 1.165) is 105 Å². The predicted molar refractivity (Wildman–Crippen MR) is 400 cm³/mol. The number of unbranched alkanes of at least 4 members (excludes halogenated alkanes) is 7. The van der Waals surface area contributed by atoms with Crippen LogP contribution in [0.3, 0.4) is 0 Å². The van der Waals surface area contributed by atoms with Gasteiger partial charge < -0.3 is 116 Å². The zero-order valence-electron chi connectivity index (χ0n) is 58.4. The molecule has 5 unspecified atom stereocenters. The standard InChI is InChI=1S/C76H76Cl2N8O24/c1-3-4-5-6-7-8-9-10-11-53(92)81-62-64(94)65(95)67(75(104)105)110-76(62)109-66-51-26-36-27-52(66)108-49-21-16-35(24-43(49)77)63(93)61-73(101)85-60(74(102)103)41-28-37(87)29-47(90)54(41)40-23-33(14-19-45(40)88)57(70(98)86-61)82-71(99)58(36)83-72(100)59-42-30-39(31-48(91)55(42)78)107-50-25-34(15-20-46(50)89)56(79-2)69(97)80-44(68(96)84-59)22-32-12-17-38(106-51)18-13-32/h12-21,23-31,44,56-65,67,76,79,87-91,93-95H,3-11,22H2,1-2H3,(H,80,97)(H,81,92)(H,82,99)(H,83,100)(H,84,96)(H,85,101)(H,86,98)(H,102,103)(H,104,105)/t44-,56-,57-,58-,59+,60+,61+,62?,63-,64?,65?,67?,76?/m1/s1. The smallest absolute Gasteiger partial charge is 0.335 e. The lowest BCUT2D eigenvalue weighted by molar-refractivity contribution is -0.236. The first-order chi connectivity index (χ1) is 52.6. The monoisotopic (exact) mass is 1550 g/mol. The molecule has 7 aliphatic heterocycles. The van der Waals surface area contributed by atoms with Crippen LogP contribution in [0.25, 0.3) is 11.1 Å². The number of aliphatic hydroxyl groups excluding tert-OH is 10. The second-order valence-corrected chi connectivity index (χ2v) is 27.4. The van der Waals surface area contributed by atoms with Crippen LogP contribution >= 0.6 is 23.2 Å². The molecule has 0 spiro atoms. The van der Waals surface area contributed by atoms with Crippen LogP contribution in [0.1, 0.15) is 140 Å². The zero-order chi connectivity index (χ0) is 78.7. The third-order valence-electron chi connectivity index (χ3n) is 19.0. The summed E-state index contributed by atoms with van der Waals surface area (Å²) in [6.45, 7) is 2.10. The molecule has 7 aliphatic rings. The minimum Gasteiger partial charge on any atom is -0.508 e. The van der Waals surface area contributed by atoms with Gasteiger partial charge in [0.05, 0.1) is 10.0 Å². The summed E-state index contributed by atoms with van der Waals surface area (Å²) in [7, 11) is 1.47. The molecule has 0 aromatic heterocycles. The number of rotatable bonds is 15. The molecule has 18 N–H and O–H groups in total. The number of carbonyl (C=O) groups is 2. The number of carboxylic acids is 2. The molecule has 7 aromatic rings. The number of benzene rings is 7. The van der Waals surface area contributed by atoms with E-state index in [0.29, 0.717) is 18.4 Å². The minimum atomic E-state index is -2.36. The normalized spacial score (nSPS) is 24.1. The van der Waals surface area contributed by atoms with E-state index in [9.17, 15) is 96.4 Å². The number of fused-ring (bicyclic) bond motifs is 12. The average Bonchev–Trinajstić information content (AvgIpc) is 0.780. The van der Waals surface area contributed by atoms with Crippen LogP contribution in [0.15, 0.2) is 150 Å². The van der Waals surface area contributed by atoms with Crippen molar-refractivity contribution in [3.63, 3.8) is 0 Å². The molecule has 14 rings (SSSR count). The molecule has 32 nitrogen and oxygen atoms in total.